The topological polar surface area (TPSA) is 95.1 Å². The number of aromatic amines is 1. The van der Waals surface area contributed by atoms with Gasteiger partial charge in [-0.15, -0.1) is 0 Å². The van der Waals surface area contributed by atoms with E-state index in [4.69, 9.17) is 5.11 Å². The number of carbonyl (C=O) groups excluding carboxylic acids is 1. The van der Waals surface area contributed by atoms with Gasteiger partial charge in [0.2, 0.25) is 0 Å². The predicted octanol–water partition coefficient (Wildman–Crippen LogP) is 1.09. The van der Waals surface area contributed by atoms with Gasteiger partial charge < -0.3 is 10.4 Å². The van der Waals surface area contributed by atoms with E-state index in [2.05, 4.69) is 15.5 Å². The van der Waals surface area contributed by atoms with Crippen LogP contribution < -0.4 is 5.32 Å². The number of hydrogen-bond donors (Lipinski definition) is 3. The average molecular weight is 251 g/mol. The highest BCUT2D eigenvalue weighted by Gasteiger charge is 2.27. The van der Waals surface area contributed by atoms with Crippen molar-refractivity contribution in [2.45, 2.75) is 38.6 Å². The van der Waals surface area contributed by atoms with Crippen LogP contribution in [-0.2, 0) is 4.79 Å². The van der Waals surface area contributed by atoms with E-state index in [-0.39, 0.29) is 17.9 Å². The molecule has 2 rings (SSSR count). The van der Waals surface area contributed by atoms with Gasteiger partial charge in [-0.1, -0.05) is 0 Å². The van der Waals surface area contributed by atoms with Crippen LogP contribution in [-0.4, -0.2) is 33.2 Å². The number of aryl methyl sites for hydroxylation is 1. The zero-order valence-electron chi connectivity index (χ0n) is 10.3. The first kappa shape index (κ1) is 12.6. The van der Waals surface area contributed by atoms with E-state index in [1.54, 1.807) is 6.07 Å². The second kappa shape index (κ2) is 5.20. The van der Waals surface area contributed by atoms with Gasteiger partial charge in [0.1, 0.15) is 5.69 Å². The molecule has 1 fully saturated rings. The second-order valence-electron chi connectivity index (χ2n) is 4.80. The molecule has 0 spiro atoms. The van der Waals surface area contributed by atoms with Crippen molar-refractivity contribution in [3.63, 3.8) is 0 Å². The van der Waals surface area contributed by atoms with Gasteiger partial charge in [0, 0.05) is 11.7 Å². The molecule has 0 saturated heterocycles. The van der Waals surface area contributed by atoms with Gasteiger partial charge in [-0.25, -0.2) is 0 Å². The number of hydrogen-bond acceptors (Lipinski definition) is 3. The Labute approximate surface area is 105 Å². The third kappa shape index (κ3) is 2.88. The van der Waals surface area contributed by atoms with Crippen LogP contribution in [0.25, 0.3) is 0 Å². The Morgan fingerprint density at radius 2 is 2.06 bits per heavy atom. The molecule has 3 N–H and O–H groups in total. The number of carboxylic acids is 1. The Balaban J connectivity index is 1.85. The van der Waals surface area contributed by atoms with E-state index in [0.29, 0.717) is 31.4 Å². The largest absolute Gasteiger partial charge is 0.481 e. The Hall–Kier alpha value is -1.85. The molecule has 0 unspecified atom stereocenters. The summed E-state index contributed by atoms with van der Waals surface area (Å²) in [6, 6.07) is 1.75. The molecule has 1 aliphatic rings. The Kier molecular flexibility index (Phi) is 3.64. The Bertz CT molecular complexity index is 447. The van der Waals surface area contributed by atoms with Crippen LogP contribution in [0.1, 0.15) is 41.9 Å². The lowest BCUT2D eigenvalue weighted by Gasteiger charge is -2.26. The highest BCUT2D eigenvalue weighted by molar-refractivity contribution is 5.92. The molecule has 1 aromatic rings. The predicted molar refractivity (Wildman–Crippen MR) is 64.2 cm³/mol. The molecule has 6 nitrogen and oxygen atoms in total. The number of aliphatic carboxylic acids is 1. The van der Waals surface area contributed by atoms with Crippen molar-refractivity contribution in [2.75, 3.05) is 0 Å². The van der Waals surface area contributed by atoms with Crippen LogP contribution in [0, 0.1) is 12.8 Å². The van der Waals surface area contributed by atoms with E-state index < -0.39 is 5.97 Å². The highest BCUT2D eigenvalue weighted by Crippen LogP contribution is 2.24. The summed E-state index contributed by atoms with van der Waals surface area (Å²) in [6.45, 7) is 1.84. The SMILES string of the molecule is Cc1cc(C(=O)NC2CCC(C(=O)O)CC2)n[nH]1. The van der Waals surface area contributed by atoms with E-state index >= 15 is 0 Å². The maximum atomic E-state index is 11.8. The quantitative estimate of drug-likeness (QED) is 0.749. The molecule has 1 aliphatic carbocycles. The highest BCUT2D eigenvalue weighted by atomic mass is 16.4. The fourth-order valence-corrected chi connectivity index (χ4v) is 2.28. The summed E-state index contributed by atoms with van der Waals surface area (Å²) in [5.74, 6) is -1.19. The zero-order valence-corrected chi connectivity index (χ0v) is 10.3. The Morgan fingerprint density at radius 3 is 2.56 bits per heavy atom. The molecule has 1 heterocycles. The van der Waals surface area contributed by atoms with E-state index in [1.807, 2.05) is 6.92 Å². The van der Waals surface area contributed by atoms with Crippen LogP contribution in [0.3, 0.4) is 0 Å². The second-order valence-corrected chi connectivity index (χ2v) is 4.80. The van der Waals surface area contributed by atoms with Gasteiger partial charge in [0.05, 0.1) is 5.92 Å². The van der Waals surface area contributed by atoms with Gasteiger partial charge in [-0.3, -0.25) is 14.7 Å². The minimum Gasteiger partial charge on any atom is -0.481 e. The van der Waals surface area contributed by atoms with E-state index in [1.165, 1.54) is 0 Å². The van der Waals surface area contributed by atoms with Crippen molar-refractivity contribution >= 4 is 11.9 Å². The van der Waals surface area contributed by atoms with Crippen molar-refractivity contribution < 1.29 is 14.7 Å². The molecule has 6 heteroatoms. The first-order chi connectivity index (χ1) is 8.56. The Morgan fingerprint density at radius 1 is 1.39 bits per heavy atom. The summed E-state index contributed by atoms with van der Waals surface area (Å²) in [4.78, 5) is 22.6. The lowest BCUT2D eigenvalue weighted by molar-refractivity contribution is -0.142. The van der Waals surface area contributed by atoms with Crippen LogP contribution in [0.15, 0.2) is 6.07 Å². The van der Waals surface area contributed by atoms with Crippen LogP contribution in [0.5, 0.6) is 0 Å². The molecular formula is C12H17N3O3. The van der Waals surface area contributed by atoms with Crippen molar-refractivity contribution in [3.05, 3.63) is 17.5 Å². The van der Waals surface area contributed by atoms with E-state index in [0.717, 1.165) is 5.69 Å². The third-order valence-corrected chi connectivity index (χ3v) is 3.35. The van der Waals surface area contributed by atoms with Crippen molar-refractivity contribution in [3.8, 4) is 0 Å². The summed E-state index contributed by atoms with van der Waals surface area (Å²) in [5, 5.41) is 18.4. The number of nitrogens with zero attached hydrogens (tertiary/aromatic N) is 1. The summed E-state index contributed by atoms with van der Waals surface area (Å²) < 4.78 is 0. The van der Waals surface area contributed by atoms with Gasteiger partial charge >= 0.3 is 5.97 Å². The first-order valence-electron chi connectivity index (χ1n) is 6.12. The number of nitrogens with one attached hydrogen (secondary N) is 2. The lowest BCUT2D eigenvalue weighted by Crippen LogP contribution is -2.38. The van der Waals surface area contributed by atoms with Crippen molar-refractivity contribution in [2.24, 2.45) is 5.92 Å². The summed E-state index contributed by atoms with van der Waals surface area (Å²) >= 11 is 0. The molecule has 1 saturated carbocycles. The molecule has 0 radical (unpaired) electrons. The van der Waals surface area contributed by atoms with Gasteiger partial charge in [0.25, 0.3) is 5.91 Å². The van der Waals surface area contributed by atoms with Crippen LogP contribution in [0.2, 0.25) is 0 Å². The molecule has 18 heavy (non-hydrogen) atoms. The van der Waals surface area contributed by atoms with Gasteiger partial charge in [-0.05, 0) is 38.7 Å². The van der Waals surface area contributed by atoms with E-state index in [9.17, 15) is 9.59 Å². The number of carbonyl (C=O) groups is 2. The number of H-pyrrole nitrogens is 1. The van der Waals surface area contributed by atoms with Crippen LogP contribution >= 0.6 is 0 Å². The lowest BCUT2D eigenvalue weighted by atomic mass is 9.86. The fourth-order valence-electron chi connectivity index (χ4n) is 2.28. The number of amides is 1. The zero-order chi connectivity index (χ0) is 13.1. The first-order valence-corrected chi connectivity index (χ1v) is 6.12. The number of aromatic nitrogens is 2. The normalized spacial score (nSPS) is 23.6. The molecule has 0 aromatic carbocycles. The maximum Gasteiger partial charge on any atom is 0.306 e. The number of carboxylic acid groups (broad SMARTS) is 1. The van der Waals surface area contributed by atoms with Gasteiger partial charge in [-0.2, -0.15) is 5.10 Å². The molecule has 0 atom stereocenters. The molecular weight excluding hydrogens is 234 g/mol. The average Bonchev–Trinajstić information content (AvgIpc) is 2.76. The summed E-state index contributed by atoms with van der Waals surface area (Å²) in [6.07, 6.45) is 2.68. The standard InChI is InChI=1S/C12H17N3O3/c1-7-6-10(15-14-7)11(16)13-9-4-2-8(3-5-9)12(17)18/h6,8-9H,2-5H2,1H3,(H,13,16)(H,14,15)(H,17,18). The van der Waals surface area contributed by atoms with Crippen molar-refractivity contribution in [1.29, 1.82) is 0 Å². The molecule has 98 valence electrons. The maximum absolute atomic E-state index is 11.8. The summed E-state index contributed by atoms with van der Waals surface area (Å²) in [7, 11) is 0. The molecule has 0 aliphatic heterocycles. The minimum absolute atomic E-state index is 0.0603. The molecule has 1 aromatic heterocycles. The number of rotatable bonds is 3. The smallest absolute Gasteiger partial charge is 0.306 e. The van der Waals surface area contributed by atoms with Gasteiger partial charge in [0.15, 0.2) is 0 Å². The minimum atomic E-state index is -0.734. The van der Waals surface area contributed by atoms with Crippen molar-refractivity contribution in [1.82, 2.24) is 15.5 Å². The molecule has 1 amide bonds. The molecule has 0 bridgehead atoms. The fraction of sp³-hybridized carbons (Fsp3) is 0.583. The summed E-state index contributed by atoms with van der Waals surface area (Å²) in [5.41, 5.74) is 1.22. The monoisotopic (exact) mass is 251 g/mol. The third-order valence-electron chi connectivity index (χ3n) is 3.35. The van der Waals surface area contributed by atoms with Crippen LogP contribution in [0.4, 0.5) is 0 Å².